The van der Waals surface area contributed by atoms with E-state index < -0.39 is 5.63 Å². The minimum Gasteiger partial charge on any atom is -0.483 e. The Morgan fingerprint density at radius 2 is 1.73 bits per heavy atom. The molecule has 0 aliphatic carbocycles. The number of amides is 1. The Morgan fingerprint density at radius 3 is 2.54 bits per heavy atom. The van der Waals surface area contributed by atoms with Crippen molar-refractivity contribution in [2.45, 2.75) is 52.0 Å². The molecule has 0 bridgehead atoms. The molecule has 3 aromatic carbocycles. The summed E-state index contributed by atoms with van der Waals surface area (Å²) in [5.74, 6) is 0.578. The largest absolute Gasteiger partial charge is 0.483 e. The molecule has 1 amide bonds. The first-order valence-electron chi connectivity index (χ1n) is 13.3. The van der Waals surface area contributed by atoms with Gasteiger partial charge in [-0.15, -0.1) is 0 Å². The van der Waals surface area contributed by atoms with Crippen molar-refractivity contribution >= 4 is 16.9 Å². The highest BCUT2D eigenvalue weighted by molar-refractivity contribution is 5.94. The molecule has 0 unspecified atom stereocenters. The van der Waals surface area contributed by atoms with Gasteiger partial charge in [-0.05, 0) is 53.1 Å². The third kappa shape index (κ3) is 5.77. The van der Waals surface area contributed by atoms with E-state index >= 15 is 0 Å². The lowest BCUT2D eigenvalue weighted by Gasteiger charge is -2.29. The Bertz CT molecular complexity index is 1440. The monoisotopic (exact) mass is 495 g/mol. The summed E-state index contributed by atoms with van der Waals surface area (Å²) < 4.78 is 11.7. The van der Waals surface area contributed by atoms with Crippen molar-refractivity contribution in [3.05, 3.63) is 99.9 Å². The molecule has 0 radical (unpaired) electrons. The van der Waals surface area contributed by atoms with Crippen LogP contribution in [0.1, 0.15) is 49.3 Å². The van der Waals surface area contributed by atoms with Crippen LogP contribution in [0.15, 0.2) is 82.0 Å². The maximum Gasteiger partial charge on any atom is 0.336 e. The van der Waals surface area contributed by atoms with Gasteiger partial charge in [-0.1, -0.05) is 80.8 Å². The van der Waals surface area contributed by atoms with E-state index in [1.54, 1.807) is 12.1 Å². The molecular weight excluding hydrogens is 462 g/mol. The molecule has 0 fully saturated rings. The standard InChI is InChI=1S/C32H33NO4/c1-2-3-4-6-14-25-18-28-27(24-12-7-5-8-13-24)19-32(35)37-30(28)20-29(25)36-22-31(34)33-17-16-23-11-9-10-15-26(23)21-33/h5,7-13,15,18-20H,2-4,6,14,16-17,21-22H2,1H3. The second-order valence-corrected chi connectivity index (χ2v) is 9.73. The van der Waals surface area contributed by atoms with Crippen LogP contribution >= 0.6 is 0 Å². The number of rotatable bonds is 9. The molecule has 0 N–H and O–H groups in total. The second-order valence-electron chi connectivity index (χ2n) is 9.73. The van der Waals surface area contributed by atoms with E-state index in [1.165, 1.54) is 17.5 Å². The third-order valence-corrected chi connectivity index (χ3v) is 7.14. The highest BCUT2D eigenvalue weighted by Crippen LogP contribution is 2.33. The summed E-state index contributed by atoms with van der Waals surface area (Å²) in [6.45, 7) is 3.45. The zero-order valence-electron chi connectivity index (χ0n) is 21.4. The van der Waals surface area contributed by atoms with Gasteiger partial charge in [-0.2, -0.15) is 0 Å². The van der Waals surface area contributed by atoms with E-state index in [0.29, 0.717) is 24.4 Å². The smallest absolute Gasteiger partial charge is 0.336 e. The number of aryl methyl sites for hydroxylation is 1. The third-order valence-electron chi connectivity index (χ3n) is 7.14. The lowest BCUT2D eigenvalue weighted by atomic mass is 9.98. The second kappa shape index (κ2) is 11.5. The van der Waals surface area contributed by atoms with Gasteiger partial charge in [0.2, 0.25) is 0 Å². The lowest BCUT2D eigenvalue weighted by molar-refractivity contribution is -0.134. The van der Waals surface area contributed by atoms with Gasteiger partial charge in [0.1, 0.15) is 11.3 Å². The predicted octanol–water partition coefficient (Wildman–Crippen LogP) is 6.55. The maximum atomic E-state index is 13.1. The Balaban J connectivity index is 1.42. The Kier molecular flexibility index (Phi) is 7.69. The molecule has 5 heteroatoms. The van der Waals surface area contributed by atoms with Crippen LogP contribution in [0.4, 0.5) is 0 Å². The first-order valence-corrected chi connectivity index (χ1v) is 13.3. The molecule has 0 saturated carbocycles. The molecular formula is C32H33NO4. The van der Waals surface area contributed by atoms with E-state index in [0.717, 1.165) is 54.2 Å². The zero-order valence-corrected chi connectivity index (χ0v) is 21.4. The Labute approximate surface area is 217 Å². The number of hydrogen-bond donors (Lipinski definition) is 0. The Hall–Kier alpha value is -3.86. The summed E-state index contributed by atoms with van der Waals surface area (Å²) in [6, 6.07) is 23.6. The van der Waals surface area contributed by atoms with Gasteiger partial charge in [0, 0.05) is 30.6 Å². The SMILES string of the molecule is CCCCCCc1cc2c(-c3ccccc3)cc(=O)oc2cc1OCC(=O)N1CCc2ccccc2C1. The summed E-state index contributed by atoms with van der Waals surface area (Å²) in [6.07, 6.45) is 6.21. The van der Waals surface area contributed by atoms with E-state index in [1.807, 2.05) is 47.4 Å². The number of carbonyl (C=O) groups is 1. The number of hydrogen-bond acceptors (Lipinski definition) is 4. The van der Waals surface area contributed by atoms with Gasteiger partial charge in [0.25, 0.3) is 5.91 Å². The van der Waals surface area contributed by atoms with Crippen LogP contribution in [0.2, 0.25) is 0 Å². The van der Waals surface area contributed by atoms with E-state index in [-0.39, 0.29) is 12.5 Å². The first kappa shape index (κ1) is 24.8. The number of nitrogens with zero attached hydrogens (tertiary/aromatic N) is 1. The summed E-state index contributed by atoms with van der Waals surface area (Å²) >= 11 is 0. The molecule has 0 saturated heterocycles. The van der Waals surface area contributed by atoms with Crippen LogP contribution in [0.3, 0.4) is 0 Å². The minimum atomic E-state index is -0.406. The van der Waals surface area contributed by atoms with Gasteiger partial charge >= 0.3 is 5.63 Å². The van der Waals surface area contributed by atoms with Gasteiger partial charge in [0.15, 0.2) is 6.61 Å². The number of carbonyl (C=O) groups excluding carboxylic acids is 1. The molecule has 1 aromatic heterocycles. The molecule has 5 nitrogen and oxygen atoms in total. The quantitative estimate of drug-likeness (QED) is 0.195. The first-order chi connectivity index (χ1) is 18.1. The summed E-state index contributed by atoms with van der Waals surface area (Å²) in [5.41, 5.74) is 5.41. The number of unbranched alkanes of at least 4 members (excludes halogenated alkanes) is 3. The van der Waals surface area contributed by atoms with E-state index in [2.05, 4.69) is 25.1 Å². The number of fused-ring (bicyclic) bond motifs is 2. The molecule has 0 atom stereocenters. The van der Waals surface area contributed by atoms with Crippen LogP contribution < -0.4 is 10.4 Å². The van der Waals surface area contributed by atoms with Crippen molar-refractivity contribution < 1.29 is 13.9 Å². The molecule has 190 valence electrons. The summed E-state index contributed by atoms with van der Waals surface area (Å²) in [5, 5.41) is 0.877. The summed E-state index contributed by atoms with van der Waals surface area (Å²) in [7, 11) is 0. The zero-order chi connectivity index (χ0) is 25.6. The average Bonchev–Trinajstić information content (AvgIpc) is 2.93. The molecule has 2 heterocycles. The van der Waals surface area contributed by atoms with Gasteiger partial charge in [0.05, 0.1) is 0 Å². The van der Waals surface area contributed by atoms with Crippen LogP contribution in [0, 0.1) is 0 Å². The van der Waals surface area contributed by atoms with Crippen molar-refractivity contribution in [2.24, 2.45) is 0 Å². The molecule has 5 rings (SSSR count). The van der Waals surface area contributed by atoms with Gasteiger partial charge < -0.3 is 14.1 Å². The van der Waals surface area contributed by atoms with Crippen molar-refractivity contribution in [2.75, 3.05) is 13.2 Å². The van der Waals surface area contributed by atoms with Crippen LogP contribution in [0.5, 0.6) is 5.75 Å². The molecule has 1 aliphatic rings. The fraction of sp³-hybridized carbons (Fsp3) is 0.312. The van der Waals surface area contributed by atoms with Crippen molar-refractivity contribution in [1.82, 2.24) is 4.90 Å². The van der Waals surface area contributed by atoms with Crippen LogP contribution in [0.25, 0.3) is 22.1 Å². The lowest BCUT2D eigenvalue weighted by Crippen LogP contribution is -2.38. The fourth-order valence-electron chi connectivity index (χ4n) is 5.10. The molecule has 0 spiro atoms. The van der Waals surface area contributed by atoms with Gasteiger partial charge in [-0.25, -0.2) is 4.79 Å². The highest BCUT2D eigenvalue weighted by atomic mass is 16.5. The van der Waals surface area contributed by atoms with E-state index in [4.69, 9.17) is 9.15 Å². The number of benzene rings is 3. The van der Waals surface area contributed by atoms with Crippen molar-refractivity contribution in [3.8, 4) is 16.9 Å². The Morgan fingerprint density at radius 1 is 0.946 bits per heavy atom. The van der Waals surface area contributed by atoms with Crippen molar-refractivity contribution in [1.29, 1.82) is 0 Å². The molecule has 37 heavy (non-hydrogen) atoms. The van der Waals surface area contributed by atoms with Crippen molar-refractivity contribution in [3.63, 3.8) is 0 Å². The number of ether oxygens (including phenoxy) is 1. The molecule has 4 aromatic rings. The highest BCUT2D eigenvalue weighted by Gasteiger charge is 2.21. The summed E-state index contributed by atoms with van der Waals surface area (Å²) in [4.78, 5) is 27.4. The fourth-order valence-corrected chi connectivity index (χ4v) is 5.10. The van der Waals surface area contributed by atoms with E-state index in [9.17, 15) is 9.59 Å². The minimum absolute atomic E-state index is 0.0361. The predicted molar refractivity (Wildman–Crippen MR) is 147 cm³/mol. The molecule has 1 aliphatic heterocycles. The van der Waals surface area contributed by atoms with Crippen LogP contribution in [-0.4, -0.2) is 24.0 Å². The van der Waals surface area contributed by atoms with Gasteiger partial charge in [-0.3, -0.25) is 4.79 Å². The average molecular weight is 496 g/mol. The maximum absolute atomic E-state index is 13.1. The topological polar surface area (TPSA) is 59.8 Å². The van der Waals surface area contributed by atoms with Crippen LogP contribution in [-0.2, 0) is 24.2 Å². The normalized spacial score (nSPS) is 12.9.